The van der Waals surface area contributed by atoms with Crippen LogP contribution in [0.4, 0.5) is 0 Å². The molecular formula is C14H21BrN4S. The zero-order valence-electron chi connectivity index (χ0n) is 12.2. The Morgan fingerprint density at radius 2 is 2.20 bits per heavy atom. The van der Waals surface area contributed by atoms with Crippen LogP contribution in [-0.2, 0) is 19.5 Å². The van der Waals surface area contributed by atoms with Gasteiger partial charge in [0.2, 0.25) is 0 Å². The van der Waals surface area contributed by atoms with Gasteiger partial charge >= 0.3 is 0 Å². The standard InChI is InChI=1S/C14H21BrN4S/c1-4-10-13(15)12(19(6-3)18-10)9-17-11(5-2)14-16-7-8-20-14/h7-8,11,17H,4-6,9H2,1-3H3. The maximum Gasteiger partial charge on any atom is 0.109 e. The summed E-state index contributed by atoms with van der Waals surface area (Å²) in [5, 5.41) is 11.4. The normalized spacial score (nSPS) is 12.8. The van der Waals surface area contributed by atoms with E-state index in [4.69, 9.17) is 0 Å². The van der Waals surface area contributed by atoms with E-state index >= 15 is 0 Å². The highest BCUT2D eigenvalue weighted by molar-refractivity contribution is 9.10. The topological polar surface area (TPSA) is 42.7 Å². The van der Waals surface area contributed by atoms with Gasteiger partial charge in [0.05, 0.1) is 21.9 Å². The highest BCUT2D eigenvalue weighted by Crippen LogP contribution is 2.24. The van der Waals surface area contributed by atoms with Crippen molar-refractivity contribution in [2.24, 2.45) is 0 Å². The van der Waals surface area contributed by atoms with Gasteiger partial charge in [0.25, 0.3) is 0 Å². The molecule has 2 aromatic heterocycles. The molecule has 0 saturated heterocycles. The van der Waals surface area contributed by atoms with Gasteiger partial charge in [-0.15, -0.1) is 11.3 Å². The largest absolute Gasteiger partial charge is 0.302 e. The second-order valence-electron chi connectivity index (χ2n) is 4.59. The lowest BCUT2D eigenvalue weighted by Crippen LogP contribution is -2.22. The number of aryl methyl sites for hydroxylation is 2. The summed E-state index contributed by atoms with van der Waals surface area (Å²) >= 11 is 5.39. The van der Waals surface area contributed by atoms with Crippen molar-refractivity contribution < 1.29 is 0 Å². The second-order valence-corrected chi connectivity index (χ2v) is 6.31. The minimum absolute atomic E-state index is 0.312. The van der Waals surface area contributed by atoms with Crippen LogP contribution in [0.15, 0.2) is 16.0 Å². The van der Waals surface area contributed by atoms with E-state index in [9.17, 15) is 0 Å². The highest BCUT2D eigenvalue weighted by atomic mass is 79.9. The summed E-state index contributed by atoms with van der Waals surface area (Å²) in [6.45, 7) is 8.14. The van der Waals surface area contributed by atoms with Crippen LogP contribution in [-0.4, -0.2) is 14.8 Å². The summed E-state index contributed by atoms with van der Waals surface area (Å²) in [5.74, 6) is 0. The van der Waals surface area contributed by atoms with Gasteiger partial charge in [-0.3, -0.25) is 4.68 Å². The van der Waals surface area contributed by atoms with E-state index in [1.807, 2.05) is 11.6 Å². The van der Waals surface area contributed by atoms with Gasteiger partial charge in [0, 0.05) is 24.7 Å². The lowest BCUT2D eigenvalue weighted by Gasteiger charge is -2.15. The predicted molar refractivity (Wildman–Crippen MR) is 87.0 cm³/mol. The van der Waals surface area contributed by atoms with Crippen molar-refractivity contribution in [2.75, 3.05) is 0 Å². The first kappa shape index (κ1) is 15.7. The van der Waals surface area contributed by atoms with E-state index in [-0.39, 0.29) is 0 Å². The number of rotatable bonds is 7. The first-order chi connectivity index (χ1) is 9.71. The van der Waals surface area contributed by atoms with E-state index in [0.29, 0.717) is 6.04 Å². The molecule has 0 aliphatic carbocycles. The fourth-order valence-electron chi connectivity index (χ4n) is 2.22. The van der Waals surface area contributed by atoms with Gasteiger partial charge in [0.15, 0.2) is 0 Å². The number of nitrogens with zero attached hydrogens (tertiary/aromatic N) is 3. The molecule has 0 aromatic carbocycles. The molecule has 1 unspecified atom stereocenters. The monoisotopic (exact) mass is 356 g/mol. The van der Waals surface area contributed by atoms with Crippen LogP contribution in [0, 0.1) is 0 Å². The summed E-state index contributed by atoms with van der Waals surface area (Å²) in [4.78, 5) is 4.41. The van der Waals surface area contributed by atoms with Crippen LogP contribution in [0.2, 0.25) is 0 Å². The van der Waals surface area contributed by atoms with Crippen molar-refractivity contribution in [2.45, 2.75) is 52.7 Å². The number of hydrogen-bond donors (Lipinski definition) is 1. The zero-order valence-corrected chi connectivity index (χ0v) is 14.6. The summed E-state index contributed by atoms with van der Waals surface area (Å²) in [6.07, 6.45) is 3.85. The third-order valence-electron chi connectivity index (χ3n) is 3.37. The maximum absolute atomic E-state index is 4.63. The Labute approximate surface area is 132 Å². The Hall–Kier alpha value is -0.720. The van der Waals surface area contributed by atoms with Crippen molar-refractivity contribution >= 4 is 27.3 Å². The number of hydrogen-bond acceptors (Lipinski definition) is 4. The molecule has 0 aliphatic heterocycles. The average molecular weight is 357 g/mol. The summed E-state index contributed by atoms with van der Waals surface area (Å²) in [7, 11) is 0. The van der Waals surface area contributed by atoms with Crippen LogP contribution in [0.1, 0.15) is 49.6 Å². The third kappa shape index (κ3) is 3.30. The molecule has 1 atom stereocenters. The SMILES string of the molecule is CCc1nn(CC)c(CNC(CC)c2nccs2)c1Br. The first-order valence-electron chi connectivity index (χ1n) is 7.07. The van der Waals surface area contributed by atoms with E-state index in [0.717, 1.165) is 41.1 Å². The summed E-state index contributed by atoms with van der Waals surface area (Å²) < 4.78 is 3.22. The molecule has 4 nitrogen and oxygen atoms in total. The summed E-state index contributed by atoms with van der Waals surface area (Å²) in [6, 6.07) is 0.312. The highest BCUT2D eigenvalue weighted by Gasteiger charge is 2.16. The van der Waals surface area contributed by atoms with E-state index in [1.165, 1.54) is 5.69 Å². The van der Waals surface area contributed by atoms with Gasteiger partial charge in [-0.2, -0.15) is 5.10 Å². The van der Waals surface area contributed by atoms with Gasteiger partial charge in [-0.05, 0) is 35.7 Å². The molecule has 0 aliphatic rings. The van der Waals surface area contributed by atoms with Crippen LogP contribution >= 0.6 is 27.3 Å². The van der Waals surface area contributed by atoms with Crippen LogP contribution < -0.4 is 5.32 Å². The molecule has 0 spiro atoms. The summed E-state index contributed by atoms with van der Waals surface area (Å²) in [5.41, 5.74) is 2.35. The van der Waals surface area contributed by atoms with Crippen molar-refractivity contribution in [1.82, 2.24) is 20.1 Å². The Kier molecular flexibility index (Phi) is 5.74. The van der Waals surface area contributed by atoms with Gasteiger partial charge in [-0.1, -0.05) is 13.8 Å². The van der Waals surface area contributed by atoms with Gasteiger partial charge < -0.3 is 5.32 Å². The lowest BCUT2D eigenvalue weighted by atomic mass is 10.2. The van der Waals surface area contributed by atoms with Crippen molar-refractivity contribution in [3.05, 3.63) is 32.4 Å². The first-order valence-corrected chi connectivity index (χ1v) is 8.75. The molecular weight excluding hydrogens is 336 g/mol. The number of aromatic nitrogens is 3. The Morgan fingerprint density at radius 1 is 1.40 bits per heavy atom. The molecule has 0 saturated carbocycles. The van der Waals surface area contributed by atoms with E-state index < -0.39 is 0 Å². The molecule has 2 heterocycles. The lowest BCUT2D eigenvalue weighted by molar-refractivity contribution is 0.491. The van der Waals surface area contributed by atoms with Crippen molar-refractivity contribution in [3.63, 3.8) is 0 Å². The third-order valence-corrected chi connectivity index (χ3v) is 5.17. The molecule has 110 valence electrons. The number of thiazole rings is 1. The molecule has 20 heavy (non-hydrogen) atoms. The van der Waals surface area contributed by atoms with Crippen molar-refractivity contribution in [3.8, 4) is 0 Å². The Balaban J connectivity index is 2.12. The molecule has 0 fully saturated rings. The predicted octanol–water partition coefficient (Wildman–Crippen LogP) is 3.93. The van der Waals surface area contributed by atoms with Crippen LogP contribution in [0.3, 0.4) is 0 Å². The molecule has 2 rings (SSSR count). The Morgan fingerprint density at radius 3 is 2.75 bits per heavy atom. The minimum Gasteiger partial charge on any atom is -0.302 e. The smallest absolute Gasteiger partial charge is 0.109 e. The zero-order chi connectivity index (χ0) is 14.5. The molecule has 1 N–H and O–H groups in total. The van der Waals surface area contributed by atoms with Crippen LogP contribution in [0.5, 0.6) is 0 Å². The fourth-order valence-corrected chi connectivity index (χ4v) is 3.72. The molecule has 0 radical (unpaired) electrons. The molecule has 0 bridgehead atoms. The maximum atomic E-state index is 4.63. The fraction of sp³-hybridized carbons (Fsp3) is 0.571. The molecule has 2 aromatic rings. The van der Waals surface area contributed by atoms with Crippen molar-refractivity contribution in [1.29, 1.82) is 0 Å². The second kappa shape index (κ2) is 7.33. The van der Waals surface area contributed by atoms with E-state index in [2.05, 4.69) is 56.8 Å². The van der Waals surface area contributed by atoms with E-state index in [1.54, 1.807) is 11.3 Å². The number of halogens is 1. The average Bonchev–Trinajstić information content (AvgIpc) is 3.08. The molecule has 6 heteroatoms. The number of nitrogens with one attached hydrogen (secondary N) is 1. The van der Waals surface area contributed by atoms with Gasteiger partial charge in [0.1, 0.15) is 5.01 Å². The Bertz CT molecular complexity index is 536. The van der Waals surface area contributed by atoms with Gasteiger partial charge in [-0.25, -0.2) is 4.98 Å². The van der Waals surface area contributed by atoms with Crippen LogP contribution in [0.25, 0.3) is 0 Å². The molecule has 0 amide bonds. The quantitative estimate of drug-likeness (QED) is 0.817. The minimum atomic E-state index is 0.312.